The minimum atomic E-state index is 0.641. The zero-order chi connectivity index (χ0) is 12.8. The van der Waals surface area contributed by atoms with Crippen LogP contribution in [0.2, 0.25) is 0 Å². The van der Waals surface area contributed by atoms with E-state index in [1.54, 1.807) is 0 Å². The van der Waals surface area contributed by atoms with Gasteiger partial charge in [-0.25, -0.2) is 0 Å². The molecule has 1 heterocycles. The van der Waals surface area contributed by atoms with Crippen molar-refractivity contribution >= 4 is 0 Å². The number of benzene rings is 1. The van der Waals surface area contributed by atoms with Crippen molar-refractivity contribution in [2.24, 2.45) is 0 Å². The monoisotopic (exact) mass is 247 g/mol. The lowest BCUT2D eigenvalue weighted by molar-refractivity contribution is 0.138. The molecule has 1 aliphatic heterocycles. The molecular formula is C15H25N3. The first-order valence-corrected chi connectivity index (χ1v) is 6.97. The molecule has 2 rings (SSSR count). The van der Waals surface area contributed by atoms with Gasteiger partial charge in [0.05, 0.1) is 0 Å². The first-order chi connectivity index (χ1) is 8.79. The Morgan fingerprint density at radius 1 is 1.33 bits per heavy atom. The summed E-state index contributed by atoms with van der Waals surface area (Å²) < 4.78 is 0. The summed E-state index contributed by atoms with van der Waals surface area (Å²) in [7, 11) is 2.24. The van der Waals surface area contributed by atoms with Crippen molar-refractivity contribution in [3.8, 4) is 0 Å². The maximum absolute atomic E-state index is 3.49. The van der Waals surface area contributed by atoms with Crippen molar-refractivity contribution in [3.05, 3.63) is 35.9 Å². The van der Waals surface area contributed by atoms with Crippen molar-refractivity contribution in [2.75, 3.05) is 39.8 Å². The van der Waals surface area contributed by atoms with Crippen LogP contribution in [0.1, 0.15) is 12.5 Å². The van der Waals surface area contributed by atoms with Gasteiger partial charge in [-0.1, -0.05) is 37.3 Å². The highest BCUT2D eigenvalue weighted by Gasteiger charge is 2.20. The van der Waals surface area contributed by atoms with Crippen LogP contribution in [0.3, 0.4) is 0 Å². The van der Waals surface area contributed by atoms with E-state index in [9.17, 15) is 0 Å². The molecule has 100 valence electrons. The van der Waals surface area contributed by atoms with Crippen LogP contribution < -0.4 is 5.32 Å². The summed E-state index contributed by atoms with van der Waals surface area (Å²) >= 11 is 0. The molecule has 0 spiro atoms. The molecule has 0 amide bonds. The lowest BCUT2D eigenvalue weighted by atomic mass is 10.1. The summed E-state index contributed by atoms with van der Waals surface area (Å²) in [6.07, 6.45) is 0. The minimum absolute atomic E-state index is 0.641. The van der Waals surface area contributed by atoms with Gasteiger partial charge in [-0.15, -0.1) is 0 Å². The maximum atomic E-state index is 3.49. The third-order valence-corrected chi connectivity index (χ3v) is 3.81. The van der Waals surface area contributed by atoms with Crippen LogP contribution >= 0.6 is 0 Å². The van der Waals surface area contributed by atoms with Crippen LogP contribution in [0, 0.1) is 0 Å². The number of nitrogens with zero attached hydrogens (tertiary/aromatic N) is 2. The predicted molar refractivity (Wildman–Crippen MR) is 76.7 cm³/mol. The van der Waals surface area contributed by atoms with E-state index in [-0.39, 0.29) is 0 Å². The second kappa shape index (κ2) is 6.88. The molecule has 1 N–H and O–H groups in total. The van der Waals surface area contributed by atoms with Crippen LogP contribution in [-0.2, 0) is 6.54 Å². The molecule has 18 heavy (non-hydrogen) atoms. The zero-order valence-electron chi connectivity index (χ0n) is 11.6. The summed E-state index contributed by atoms with van der Waals surface area (Å²) in [5.41, 5.74) is 1.41. The highest BCUT2D eigenvalue weighted by molar-refractivity contribution is 5.14. The van der Waals surface area contributed by atoms with Crippen LogP contribution in [0.15, 0.2) is 30.3 Å². The number of nitrogens with one attached hydrogen (secondary N) is 1. The first kappa shape index (κ1) is 13.5. The molecule has 0 aliphatic carbocycles. The summed E-state index contributed by atoms with van der Waals surface area (Å²) in [6.45, 7) is 8.96. The average molecular weight is 247 g/mol. The Kier molecular flexibility index (Phi) is 5.17. The molecular weight excluding hydrogens is 222 g/mol. The summed E-state index contributed by atoms with van der Waals surface area (Å²) in [5.74, 6) is 0. The molecule has 1 atom stereocenters. The third-order valence-electron chi connectivity index (χ3n) is 3.81. The van der Waals surface area contributed by atoms with Gasteiger partial charge in [-0.05, 0) is 19.2 Å². The van der Waals surface area contributed by atoms with E-state index >= 15 is 0 Å². The van der Waals surface area contributed by atoms with Gasteiger partial charge < -0.3 is 5.32 Å². The highest BCUT2D eigenvalue weighted by atomic mass is 15.2. The van der Waals surface area contributed by atoms with E-state index in [1.807, 2.05) is 0 Å². The van der Waals surface area contributed by atoms with Crippen molar-refractivity contribution in [1.82, 2.24) is 15.1 Å². The largest absolute Gasteiger partial charge is 0.314 e. The molecule has 1 fully saturated rings. The Balaban J connectivity index is 1.88. The summed E-state index contributed by atoms with van der Waals surface area (Å²) in [6, 6.07) is 11.4. The van der Waals surface area contributed by atoms with E-state index in [0.29, 0.717) is 6.04 Å². The van der Waals surface area contributed by atoms with E-state index in [4.69, 9.17) is 0 Å². The van der Waals surface area contributed by atoms with Crippen molar-refractivity contribution in [3.63, 3.8) is 0 Å². The predicted octanol–water partition coefficient (Wildman–Crippen LogP) is 1.41. The fourth-order valence-electron chi connectivity index (χ4n) is 2.51. The van der Waals surface area contributed by atoms with Crippen LogP contribution in [0.5, 0.6) is 0 Å². The lowest BCUT2D eigenvalue weighted by Crippen LogP contribution is -2.53. The number of piperazine rings is 1. The van der Waals surface area contributed by atoms with Crippen LogP contribution in [-0.4, -0.2) is 55.6 Å². The number of hydrogen-bond acceptors (Lipinski definition) is 3. The number of hydrogen-bond donors (Lipinski definition) is 1. The SMILES string of the molecule is CCN(Cc1ccccc1)CC1CNCCN1C. The molecule has 1 saturated heterocycles. The Hall–Kier alpha value is -0.900. The van der Waals surface area contributed by atoms with E-state index in [0.717, 1.165) is 39.3 Å². The molecule has 0 saturated carbocycles. The lowest BCUT2D eigenvalue weighted by Gasteiger charge is -2.36. The highest BCUT2D eigenvalue weighted by Crippen LogP contribution is 2.08. The quantitative estimate of drug-likeness (QED) is 0.849. The standard InChI is InChI=1S/C15H25N3/c1-3-18(12-14-7-5-4-6-8-14)13-15-11-16-9-10-17(15)2/h4-8,15-16H,3,9-13H2,1-2H3. The van der Waals surface area contributed by atoms with Gasteiger partial charge in [0, 0.05) is 38.8 Å². The van der Waals surface area contributed by atoms with Crippen molar-refractivity contribution in [1.29, 1.82) is 0 Å². The Labute approximate surface area is 111 Å². The third kappa shape index (κ3) is 3.80. The fourth-order valence-corrected chi connectivity index (χ4v) is 2.51. The second-order valence-electron chi connectivity index (χ2n) is 5.15. The molecule has 1 aliphatic rings. The van der Waals surface area contributed by atoms with Gasteiger partial charge >= 0.3 is 0 Å². The van der Waals surface area contributed by atoms with E-state index < -0.39 is 0 Å². The molecule has 0 radical (unpaired) electrons. The minimum Gasteiger partial charge on any atom is -0.314 e. The summed E-state index contributed by atoms with van der Waals surface area (Å²) in [5, 5.41) is 3.49. The smallest absolute Gasteiger partial charge is 0.0345 e. The van der Waals surface area contributed by atoms with Gasteiger partial charge in [0.25, 0.3) is 0 Å². The normalized spacial score (nSPS) is 21.4. The van der Waals surface area contributed by atoms with Crippen LogP contribution in [0.4, 0.5) is 0 Å². The molecule has 3 nitrogen and oxygen atoms in total. The van der Waals surface area contributed by atoms with Gasteiger partial charge in [-0.2, -0.15) is 0 Å². The van der Waals surface area contributed by atoms with Gasteiger partial charge in [0.15, 0.2) is 0 Å². The molecule has 1 aromatic carbocycles. The van der Waals surface area contributed by atoms with Crippen LogP contribution in [0.25, 0.3) is 0 Å². The van der Waals surface area contributed by atoms with Gasteiger partial charge in [-0.3, -0.25) is 9.80 Å². The number of likely N-dealkylation sites (N-methyl/N-ethyl adjacent to an activating group) is 2. The molecule has 0 aromatic heterocycles. The molecule has 1 aromatic rings. The van der Waals surface area contributed by atoms with Crippen molar-refractivity contribution in [2.45, 2.75) is 19.5 Å². The van der Waals surface area contributed by atoms with Crippen molar-refractivity contribution < 1.29 is 0 Å². The maximum Gasteiger partial charge on any atom is 0.0345 e. The first-order valence-electron chi connectivity index (χ1n) is 6.97. The van der Waals surface area contributed by atoms with E-state index in [1.165, 1.54) is 5.56 Å². The molecule has 0 bridgehead atoms. The van der Waals surface area contributed by atoms with Gasteiger partial charge in [0.2, 0.25) is 0 Å². The van der Waals surface area contributed by atoms with E-state index in [2.05, 4.69) is 59.4 Å². The number of rotatable bonds is 5. The molecule has 3 heteroatoms. The average Bonchev–Trinajstić information content (AvgIpc) is 2.41. The summed E-state index contributed by atoms with van der Waals surface area (Å²) in [4.78, 5) is 5.01. The zero-order valence-corrected chi connectivity index (χ0v) is 11.6. The van der Waals surface area contributed by atoms with Gasteiger partial charge in [0.1, 0.15) is 0 Å². The second-order valence-corrected chi connectivity index (χ2v) is 5.15. The Morgan fingerprint density at radius 3 is 2.78 bits per heavy atom. The Bertz CT molecular complexity index is 339. The Morgan fingerprint density at radius 2 is 2.11 bits per heavy atom. The topological polar surface area (TPSA) is 18.5 Å². The molecule has 1 unspecified atom stereocenters. The fraction of sp³-hybridized carbons (Fsp3) is 0.600.